The number of rotatable bonds is 2. The van der Waals surface area contributed by atoms with Gasteiger partial charge in [0, 0.05) is 0 Å². The summed E-state index contributed by atoms with van der Waals surface area (Å²) in [7, 11) is 0. The number of hydrogen-bond donors (Lipinski definition) is 1. The van der Waals surface area contributed by atoms with Crippen LogP contribution in [0.4, 0.5) is 13.2 Å². The number of halogens is 4. The highest BCUT2D eigenvalue weighted by atomic mass is 35.5. The summed E-state index contributed by atoms with van der Waals surface area (Å²) in [5, 5.41) is 0. The first kappa shape index (κ1) is 17.1. The molecule has 0 aliphatic carbocycles. The van der Waals surface area contributed by atoms with Gasteiger partial charge < -0.3 is 10.5 Å². The van der Waals surface area contributed by atoms with Crippen molar-refractivity contribution >= 4 is 12.4 Å². The van der Waals surface area contributed by atoms with Crippen LogP contribution in [0.5, 0.6) is 5.75 Å². The molecule has 1 rings (SSSR count). The molecule has 6 heteroatoms. The second-order valence-corrected chi connectivity index (χ2v) is 4.80. The fourth-order valence-corrected chi connectivity index (χ4v) is 1.29. The summed E-state index contributed by atoms with van der Waals surface area (Å²) in [6.07, 6.45) is -4.42. The Morgan fingerprint density at radius 1 is 1.06 bits per heavy atom. The summed E-state index contributed by atoms with van der Waals surface area (Å²) in [6.45, 7) is 5.59. The summed E-state index contributed by atoms with van der Waals surface area (Å²) in [6, 6.07) is 3.70. The van der Waals surface area contributed by atoms with Crippen LogP contribution in [0, 0.1) is 0 Å². The first-order chi connectivity index (χ1) is 7.59. The van der Waals surface area contributed by atoms with Crippen LogP contribution in [-0.2, 0) is 0 Å². The van der Waals surface area contributed by atoms with Crippen molar-refractivity contribution in [1.82, 2.24) is 0 Å². The SMILES string of the molecule is CC(C)(C)Oc1ccc([C@H](N)C(F)(F)F)cc1.Cl. The maximum absolute atomic E-state index is 12.4. The van der Waals surface area contributed by atoms with E-state index in [1.165, 1.54) is 24.3 Å². The van der Waals surface area contributed by atoms with Crippen molar-refractivity contribution < 1.29 is 17.9 Å². The van der Waals surface area contributed by atoms with E-state index in [1.54, 1.807) is 0 Å². The molecule has 0 spiro atoms. The van der Waals surface area contributed by atoms with E-state index < -0.39 is 12.2 Å². The molecule has 1 atom stereocenters. The molecule has 18 heavy (non-hydrogen) atoms. The summed E-state index contributed by atoms with van der Waals surface area (Å²) in [5.74, 6) is 0.524. The van der Waals surface area contributed by atoms with Gasteiger partial charge in [-0.3, -0.25) is 0 Å². The molecule has 0 unspecified atom stereocenters. The average molecular weight is 284 g/mol. The Morgan fingerprint density at radius 2 is 1.50 bits per heavy atom. The number of alkyl halides is 3. The van der Waals surface area contributed by atoms with Crippen LogP contribution in [0.1, 0.15) is 32.4 Å². The Balaban J connectivity index is 0.00000289. The van der Waals surface area contributed by atoms with Crippen molar-refractivity contribution in [3.8, 4) is 5.75 Å². The molecule has 0 aliphatic heterocycles. The third-order valence-electron chi connectivity index (χ3n) is 2.02. The smallest absolute Gasteiger partial charge is 0.407 e. The molecule has 0 fully saturated rings. The molecule has 0 saturated carbocycles. The summed E-state index contributed by atoms with van der Waals surface area (Å²) in [4.78, 5) is 0. The third-order valence-corrected chi connectivity index (χ3v) is 2.02. The fourth-order valence-electron chi connectivity index (χ4n) is 1.29. The molecule has 2 N–H and O–H groups in total. The lowest BCUT2D eigenvalue weighted by atomic mass is 10.1. The summed E-state index contributed by atoms with van der Waals surface area (Å²) < 4.78 is 42.6. The molecule has 0 aliphatic rings. The standard InChI is InChI=1S/C12H16F3NO.ClH/c1-11(2,3)17-9-6-4-8(5-7-9)10(16)12(13,14)15;/h4-7,10H,16H2,1-3H3;1H/t10-;/m0./s1. The molecular formula is C12H17ClF3NO. The van der Waals surface area contributed by atoms with E-state index in [-0.39, 0.29) is 23.6 Å². The first-order valence-corrected chi connectivity index (χ1v) is 5.21. The van der Waals surface area contributed by atoms with E-state index in [9.17, 15) is 13.2 Å². The minimum Gasteiger partial charge on any atom is -0.488 e. The van der Waals surface area contributed by atoms with Gasteiger partial charge in [-0.25, -0.2) is 0 Å². The maximum atomic E-state index is 12.4. The van der Waals surface area contributed by atoms with Crippen LogP contribution < -0.4 is 10.5 Å². The molecule has 0 aromatic heterocycles. The van der Waals surface area contributed by atoms with E-state index in [4.69, 9.17) is 10.5 Å². The molecule has 2 nitrogen and oxygen atoms in total. The zero-order valence-electron chi connectivity index (χ0n) is 10.4. The van der Waals surface area contributed by atoms with Crippen LogP contribution in [0.25, 0.3) is 0 Å². The first-order valence-electron chi connectivity index (χ1n) is 5.21. The highest BCUT2D eigenvalue weighted by molar-refractivity contribution is 5.85. The van der Waals surface area contributed by atoms with Crippen LogP contribution in [0.3, 0.4) is 0 Å². The van der Waals surface area contributed by atoms with E-state index in [0.717, 1.165) is 0 Å². The van der Waals surface area contributed by atoms with Crippen LogP contribution in [0.2, 0.25) is 0 Å². The minimum atomic E-state index is -4.42. The fraction of sp³-hybridized carbons (Fsp3) is 0.500. The highest BCUT2D eigenvalue weighted by Gasteiger charge is 2.37. The second-order valence-electron chi connectivity index (χ2n) is 4.80. The van der Waals surface area contributed by atoms with Crippen LogP contribution in [-0.4, -0.2) is 11.8 Å². The van der Waals surface area contributed by atoms with Gasteiger partial charge in [0.2, 0.25) is 0 Å². The van der Waals surface area contributed by atoms with Gasteiger partial charge >= 0.3 is 6.18 Å². The summed E-state index contributed by atoms with van der Waals surface area (Å²) in [5.41, 5.74) is 4.73. The van der Waals surface area contributed by atoms with Crippen molar-refractivity contribution in [2.45, 2.75) is 38.6 Å². The molecule has 0 bridgehead atoms. The second kappa shape index (κ2) is 5.80. The third kappa shape index (κ3) is 5.14. The lowest BCUT2D eigenvalue weighted by Crippen LogP contribution is -2.28. The molecule has 0 saturated heterocycles. The predicted octanol–water partition coefficient (Wildman–Crippen LogP) is 3.85. The lowest BCUT2D eigenvalue weighted by molar-refractivity contribution is -0.149. The number of benzene rings is 1. The zero-order chi connectivity index (χ0) is 13.3. The number of hydrogen-bond acceptors (Lipinski definition) is 2. The van der Waals surface area contributed by atoms with Gasteiger partial charge in [0.05, 0.1) is 0 Å². The van der Waals surface area contributed by atoms with Crippen molar-refractivity contribution in [1.29, 1.82) is 0 Å². The minimum absolute atomic E-state index is 0. The van der Waals surface area contributed by atoms with Crippen molar-refractivity contribution in [3.05, 3.63) is 29.8 Å². The Kier molecular flexibility index (Phi) is 5.50. The molecule has 1 aromatic carbocycles. The quantitative estimate of drug-likeness (QED) is 0.895. The molecule has 0 heterocycles. The number of nitrogens with two attached hydrogens (primary N) is 1. The van der Waals surface area contributed by atoms with Gasteiger partial charge in [0.1, 0.15) is 17.4 Å². The molecule has 0 radical (unpaired) electrons. The Bertz CT molecular complexity index is 370. The summed E-state index contributed by atoms with van der Waals surface area (Å²) >= 11 is 0. The van der Waals surface area contributed by atoms with E-state index >= 15 is 0 Å². The molecule has 0 amide bonds. The average Bonchev–Trinajstić information content (AvgIpc) is 2.14. The maximum Gasteiger partial charge on any atom is 0.407 e. The van der Waals surface area contributed by atoms with Gasteiger partial charge in [-0.1, -0.05) is 12.1 Å². The Labute approximate surface area is 111 Å². The van der Waals surface area contributed by atoms with E-state index in [0.29, 0.717) is 5.75 Å². The predicted molar refractivity (Wildman–Crippen MR) is 67.1 cm³/mol. The highest BCUT2D eigenvalue weighted by Crippen LogP contribution is 2.31. The lowest BCUT2D eigenvalue weighted by Gasteiger charge is -2.22. The van der Waals surface area contributed by atoms with E-state index in [2.05, 4.69) is 0 Å². The van der Waals surface area contributed by atoms with Crippen LogP contribution >= 0.6 is 12.4 Å². The largest absolute Gasteiger partial charge is 0.488 e. The normalized spacial score (nSPS) is 13.7. The van der Waals surface area contributed by atoms with Gasteiger partial charge in [-0.15, -0.1) is 12.4 Å². The van der Waals surface area contributed by atoms with Gasteiger partial charge in [0.15, 0.2) is 0 Å². The molecule has 104 valence electrons. The van der Waals surface area contributed by atoms with Gasteiger partial charge in [0.25, 0.3) is 0 Å². The Morgan fingerprint density at radius 3 is 1.83 bits per heavy atom. The monoisotopic (exact) mass is 283 g/mol. The number of ether oxygens (including phenoxy) is 1. The van der Waals surface area contributed by atoms with Gasteiger partial charge in [-0.2, -0.15) is 13.2 Å². The van der Waals surface area contributed by atoms with Crippen LogP contribution in [0.15, 0.2) is 24.3 Å². The van der Waals surface area contributed by atoms with Crippen molar-refractivity contribution in [2.24, 2.45) is 5.73 Å². The zero-order valence-corrected chi connectivity index (χ0v) is 11.2. The van der Waals surface area contributed by atoms with Gasteiger partial charge in [-0.05, 0) is 38.5 Å². The van der Waals surface area contributed by atoms with E-state index in [1.807, 2.05) is 20.8 Å². The molecule has 1 aromatic rings. The Hall–Kier alpha value is -0.940. The molecular weight excluding hydrogens is 267 g/mol. The van der Waals surface area contributed by atoms with Crippen molar-refractivity contribution in [3.63, 3.8) is 0 Å². The topological polar surface area (TPSA) is 35.2 Å². The van der Waals surface area contributed by atoms with Crippen molar-refractivity contribution in [2.75, 3.05) is 0 Å².